The van der Waals surface area contributed by atoms with Crippen molar-refractivity contribution in [3.05, 3.63) is 71.4 Å². The lowest BCUT2D eigenvalue weighted by Gasteiger charge is -2.27. The Bertz CT molecular complexity index is 1010. The van der Waals surface area contributed by atoms with E-state index in [1.807, 2.05) is 25.3 Å². The number of aromatic nitrogens is 3. The summed E-state index contributed by atoms with van der Waals surface area (Å²) in [6.07, 6.45) is -0.183. The van der Waals surface area contributed by atoms with Crippen LogP contribution in [0.1, 0.15) is 22.6 Å². The number of fused-ring (bicyclic) bond motifs is 1. The Balaban J connectivity index is 1.44. The number of hydrogen-bond acceptors (Lipinski definition) is 5. The number of halogens is 3. The van der Waals surface area contributed by atoms with Crippen LogP contribution in [0.15, 0.2) is 48.8 Å². The average molecular weight is 400 g/mol. The van der Waals surface area contributed by atoms with Gasteiger partial charge in [-0.15, -0.1) is 13.2 Å². The van der Waals surface area contributed by atoms with Gasteiger partial charge in [0.25, 0.3) is 0 Å². The highest BCUT2D eigenvalue weighted by molar-refractivity contribution is 5.61. The number of alkyl halides is 3. The number of benzene rings is 1. The van der Waals surface area contributed by atoms with Crippen LogP contribution in [0, 0.1) is 6.92 Å². The fourth-order valence-corrected chi connectivity index (χ4v) is 3.41. The summed E-state index contributed by atoms with van der Waals surface area (Å²) in [5, 5.41) is 0. The normalized spacial score (nSPS) is 14.5. The Labute approximate surface area is 166 Å². The van der Waals surface area contributed by atoms with Gasteiger partial charge in [0.15, 0.2) is 0 Å². The number of aryl methyl sites for hydroxylation is 1. The molecule has 150 valence electrons. The minimum absolute atomic E-state index is 0.259. The third-order valence-corrected chi connectivity index (χ3v) is 4.73. The molecule has 1 aliphatic rings. The maximum Gasteiger partial charge on any atom is 0.573 e. The van der Waals surface area contributed by atoms with Crippen LogP contribution in [-0.4, -0.2) is 32.8 Å². The van der Waals surface area contributed by atoms with E-state index < -0.39 is 6.36 Å². The van der Waals surface area contributed by atoms with Crippen LogP contribution in [-0.2, 0) is 19.5 Å². The summed E-state index contributed by atoms with van der Waals surface area (Å²) >= 11 is 0. The van der Waals surface area contributed by atoms with Crippen LogP contribution in [0.25, 0.3) is 11.3 Å². The fourth-order valence-electron chi connectivity index (χ4n) is 3.41. The van der Waals surface area contributed by atoms with E-state index in [1.54, 1.807) is 12.3 Å². The minimum atomic E-state index is -4.72. The molecule has 1 aliphatic heterocycles. The topological polar surface area (TPSA) is 51.1 Å². The summed E-state index contributed by atoms with van der Waals surface area (Å²) in [5.41, 5.74) is 4.45. The molecule has 0 amide bonds. The number of rotatable bonds is 4. The molecule has 4 rings (SSSR count). The molecule has 2 aromatic heterocycles. The Morgan fingerprint density at radius 3 is 2.72 bits per heavy atom. The molecule has 0 saturated heterocycles. The molecule has 0 aliphatic carbocycles. The van der Waals surface area contributed by atoms with Gasteiger partial charge in [-0.1, -0.05) is 18.2 Å². The van der Waals surface area contributed by atoms with Crippen molar-refractivity contribution in [1.82, 2.24) is 19.9 Å². The van der Waals surface area contributed by atoms with Crippen molar-refractivity contribution >= 4 is 0 Å². The molecule has 0 atom stereocenters. The first-order chi connectivity index (χ1) is 13.9. The lowest BCUT2D eigenvalue weighted by Crippen LogP contribution is -2.31. The van der Waals surface area contributed by atoms with Crippen LogP contribution < -0.4 is 4.74 Å². The Kier molecular flexibility index (Phi) is 5.19. The molecular weight excluding hydrogens is 381 g/mol. The maximum absolute atomic E-state index is 12.4. The SMILES string of the molecule is Cc1ncc2c(n1)CCN(Cc1ccc(-c3cccc(OC(F)(F)F)c3)nc1)C2. The first-order valence-corrected chi connectivity index (χ1v) is 9.20. The van der Waals surface area contributed by atoms with Gasteiger partial charge in [0.1, 0.15) is 11.6 Å². The molecule has 0 radical (unpaired) electrons. The zero-order valence-electron chi connectivity index (χ0n) is 15.8. The van der Waals surface area contributed by atoms with Gasteiger partial charge in [-0.2, -0.15) is 0 Å². The molecule has 5 nitrogen and oxygen atoms in total. The summed E-state index contributed by atoms with van der Waals surface area (Å²) in [6.45, 7) is 4.32. The maximum atomic E-state index is 12.4. The summed E-state index contributed by atoms with van der Waals surface area (Å²) in [4.78, 5) is 15.5. The highest BCUT2D eigenvalue weighted by Gasteiger charge is 2.31. The van der Waals surface area contributed by atoms with E-state index >= 15 is 0 Å². The van der Waals surface area contributed by atoms with Crippen molar-refractivity contribution in [2.24, 2.45) is 0 Å². The molecule has 3 heterocycles. The third kappa shape index (κ3) is 4.89. The van der Waals surface area contributed by atoms with Crippen LogP contribution in [0.4, 0.5) is 13.2 Å². The second kappa shape index (κ2) is 7.79. The number of nitrogens with zero attached hydrogens (tertiary/aromatic N) is 4. The summed E-state index contributed by atoms with van der Waals surface area (Å²) in [7, 11) is 0. The van der Waals surface area contributed by atoms with Crippen molar-refractivity contribution in [2.45, 2.75) is 32.8 Å². The number of ether oxygens (including phenoxy) is 1. The average Bonchev–Trinajstić information content (AvgIpc) is 2.68. The molecule has 3 aromatic rings. The Morgan fingerprint density at radius 2 is 1.97 bits per heavy atom. The van der Waals surface area contributed by atoms with Gasteiger partial charge in [0.2, 0.25) is 0 Å². The van der Waals surface area contributed by atoms with E-state index in [4.69, 9.17) is 0 Å². The van der Waals surface area contributed by atoms with E-state index in [0.717, 1.165) is 48.7 Å². The molecule has 0 saturated carbocycles. The fraction of sp³-hybridized carbons (Fsp3) is 0.286. The Morgan fingerprint density at radius 1 is 1.10 bits per heavy atom. The zero-order chi connectivity index (χ0) is 20.4. The molecule has 8 heteroatoms. The van der Waals surface area contributed by atoms with Crippen molar-refractivity contribution in [1.29, 1.82) is 0 Å². The molecule has 0 spiro atoms. The van der Waals surface area contributed by atoms with Gasteiger partial charge in [-0.3, -0.25) is 9.88 Å². The first-order valence-electron chi connectivity index (χ1n) is 9.20. The van der Waals surface area contributed by atoms with Gasteiger partial charge in [0, 0.05) is 55.3 Å². The number of pyridine rings is 1. The second-order valence-electron chi connectivity index (χ2n) is 6.98. The summed E-state index contributed by atoms with van der Waals surface area (Å²) in [5.74, 6) is 0.534. The molecule has 0 N–H and O–H groups in total. The van der Waals surface area contributed by atoms with Crippen molar-refractivity contribution in [3.63, 3.8) is 0 Å². The van der Waals surface area contributed by atoms with Gasteiger partial charge in [0.05, 0.1) is 5.69 Å². The second-order valence-corrected chi connectivity index (χ2v) is 6.98. The lowest BCUT2D eigenvalue weighted by molar-refractivity contribution is -0.274. The van der Waals surface area contributed by atoms with Crippen LogP contribution in [0.2, 0.25) is 0 Å². The Hall–Kier alpha value is -3.00. The van der Waals surface area contributed by atoms with Gasteiger partial charge >= 0.3 is 6.36 Å². The molecule has 0 bridgehead atoms. The molecule has 29 heavy (non-hydrogen) atoms. The predicted molar refractivity (Wildman–Crippen MR) is 101 cm³/mol. The standard InChI is InChI=1S/C21H19F3N4O/c1-14-25-11-17-13-28(8-7-20(17)27-14)12-15-5-6-19(26-10-15)16-3-2-4-18(9-16)29-21(22,23)24/h2-6,9-11H,7-8,12-13H2,1H3. The number of hydrogen-bond donors (Lipinski definition) is 0. The largest absolute Gasteiger partial charge is 0.573 e. The van der Waals surface area contributed by atoms with E-state index in [9.17, 15) is 13.2 Å². The van der Waals surface area contributed by atoms with Gasteiger partial charge < -0.3 is 4.74 Å². The van der Waals surface area contributed by atoms with Crippen molar-refractivity contribution in [2.75, 3.05) is 6.54 Å². The molecule has 0 fully saturated rings. The van der Waals surface area contributed by atoms with Crippen LogP contribution in [0.3, 0.4) is 0 Å². The van der Waals surface area contributed by atoms with E-state index in [1.165, 1.54) is 18.2 Å². The quantitative estimate of drug-likeness (QED) is 0.654. The molecule has 1 aromatic carbocycles. The first kappa shape index (κ1) is 19.3. The minimum Gasteiger partial charge on any atom is -0.406 e. The monoisotopic (exact) mass is 400 g/mol. The highest BCUT2D eigenvalue weighted by Crippen LogP contribution is 2.27. The summed E-state index contributed by atoms with van der Waals surface area (Å²) < 4.78 is 41.2. The summed E-state index contributed by atoms with van der Waals surface area (Å²) in [6, 6.07) is 9.58. The van der Waals surface area contributed by atoms with Gasteiger partial charge in [-0.05, 0) is 30.7 Å². The third-order valence-electron chi connectivity index (χ3n) is 4.73. The molecule has 0 unspecified atom stereocenters. The van der Waals surface area contributed by atoms with Crippen LogP contribution >= 0.6 is 0 Å². The predicted octanol–water partition coefficient (Wildman–Crippen LogP) is 4.30. The van der Waals surface area contributed by atoms with Crippen molar-refractivity contribution < 1.29 is 17.9 Å². The lowest BCUT2D eigenvalue weighted by atomic mass is 10.1. The van der Waals surface area contributed by atoms with Crippen molar-refractivity contribution in [3.8, 4) is 17.0 Å². The highest BCUT2D eigenvalue weighted by atomic mass is 19.4. The van der Waals surface area contributed by atoms with Crippen LogP contribution in [0.5, 0.6) is 5.75 Å². The van der Waals surface area contributed by atoms with E-state index in [2.05, 4.69) is 24.6 Å². The van der Waals surface area contributed by atoms with E-state index in [0.29, 0.717) is 11.3 Å². The smallest absolute Gasteiger partial charge is 0.406 e. The van der Waals surface area contributed by atoms with E-state index in [-0.39, 0.29) is 5.75 Å². The van der Waals surface area contributed by atoms with Gasteiger partial charge in [-0.25, -0.2) is 9.97 Å². The molecular formula is C21H19F3N4O. The zero-order valence-corrected chi connectivity index (χ0v) is 15.8.